The molecule has 1 fully saturated rings. The average molecular weight is 332 g/mol. The Bertz CT molecular complexity index is 657. The lowest BCUT2D eigenvalue weighted by Crippen LogP contribution is -2.36. The van der Waals surface area contributed by atoms with Gasteiger partial charge in [0.15, 0.2) is 9.84 Å². The lowest BCUT2D eigenvalue weighted by atomic mass is 10.1. The first-order chi connectivity index (χ1) is 9.80. The van der Waals surface area contributed by atoms with E-state index in [-0.39, 0.29) is 29.9 Å². The monoisotopic (exact) mass is 331 g/mol. The lowest BCUT2D eigenvalue weighted by Gasteiger charge is -2.14. The summed E-state index contributed by atoms with van der Waals surface area (Å²) < 4.78 is 28.1. The normalized spacial score (nSPS) is 20.2. The van der Waals surface area contributed by atoms with Crippen LogP contribution in [0.2, 0.25) is 5.02 Å². The Balaban J connectivity index is 2.06. The van der Waals surface area contributed by atoms with Gasteiger partial charge in [-0.2, -0.15) is 0 Å². The molecule has 0 bridgehead atoms. The molecule has 2 rings (SSSR count). The fourth-order valence-electron chi connectivity index (χ4n) is 2.58. The predicted molar refractivity (Wildman–Crippen MR) is 81.6 cm³/mol. The molecule has 21 heavy (non-hydrogen) atoms. The number of amides is 1. The zero-order chi connectivity index (χ0) is 15.6. The van der Waals surface area contributed by atoms with E-state index >= 15 is 0 Å². The largest absolute Gasteiger partial charge is 0.496 e. The van der Waals surface area contributed by atoms with Crippen LogP contribution in [0.4, 0.5) is 0 Å². The first kappa shape index (κ1) is 16.1. The number of hydrogen-bond acceptors (Lipinski definition) is 4. The number of carbonyl (C=O) groups is 1. The van der Waals surface area contributed by atoms with Crippen molar-refractivity contribution < 1.29 is 17.9 Å². The molecule has 1 aliphatic rings. The van der Waals surface area contributed by atoms with Gasteiger partial charge in [-0.15, -0.1) is 0 Å². The van der Waals surface area contributed by atoms with E-state index in [1.54, 1.807) is 19.2 Å². The molecule has 0 radical (unpaired) electrons. The third kappa shape index (κ3) is 4.11. The highest BCUT2D eigenvalue weighted by atomic mass is 35.5. The summed E-state index contributed by atoms with van der Waals surface area (Å²) in [6.07, 6.45) is 0.584. The first-order valence-corrected chi connectivity index (χ1v) is 8.83. The summed E-state index contributed by atoms with van der Waals surface area (Å²) in [6.45, 7) is 1.86. The summed E-state index contributed by atoms with van der Waals surface area (Å²) in [4.78, 5) is 12.1. The third-order valence-electron chi connectivity index (χ3n) is 3.47. The van der Waals surface area contributed by atoms with Gasteiger partial charge in [0.1, 0.15) is 5.75 Å². The van der Waals surface area contributed by atoms with Gasteiger partial charge in [0.2, 0.25) is 5.91 Å². The van der Waals surface area contributed by atoms with Crippen LogP contribution < -0.4 is 10.1 Å². The number of nitrogens with one attached hydrogen (secondary N) is 1. The van der Waals surface area contributed by atoms with Gasteiger partial charge in [0.25, 0.3) is 0 Å². The summed E-state index contributed by atoms with van der Waals surface area (Å²) in [5, 5.41) is 3.30. The molecule has 0 saturated carbocycles. The molecular formula is C14H18ClNO4S. The highest BCUT2D eigenvalue weighted by Crippen LogP contribution is 2.28. The van der Waals surface area contributed by atoms with Crippen LogP contribution in [0.25, 0.3) is 0 Å². The number of halogens is 1. The molecule has 1 heterocycles. The molecule has 0 aliphatic carbocycles. The molecule has 116 valence electrons. The number of benzene rings is 1. The van der Waals surface area contributed by atoms with Crippen molar-refractivity contribution in [3.8, 4) is 5.75 Å². The van der Waals surface area contributed by atoms with Crippen LogP contribution in [0.15, 0.2) is 12.1 Å². The van der Waals surface area contributed by atoms with E-state index in [0.717, 1.165) is 5.56 Å². The van der Waals surface area contributed by atoms with Crippen molar-refractivity contribution in [3.05, 3.63) is 28.3 Å². The smallest absolute Gasteiger partial charge is 0.224 e. The molecule has 0 spiro atoms. The number of methoxy groups -OCH3 is 1. The van der Waals surface area contributed by atoms with Crippen molar-refractivity contribution in [2.45, 2.75) is 25.8 Å². The highest BCUT2D eigenvalue weighted by Gasteiger charge is 2.29. The topological polar surface area (TPSA) is 72.5 Å². The lowest BCUT2D eigenvalue weighted by molar-refractivity contribution is -0.121. The van der Waals surface area contributed by atoms with Gasteiger partial charge in [0, 0.05) is 16.6 Å². The van der Waals surface area contributed by atoms with Crippen molar-refractivity contribution in [3.63, 3.8) is 0 Å². The van der Waals surface area contributed by atoms with E-state index < -0.39 is 9.84 Å². The van der Waals surface area contributed by atoms with Crippen molar-refractivity contribution in [1.82, 2.24) is 5.32 Å². The molecule has 1 atom stereocenters. The van der Waals surface area contributed by atoms with Crippen molar-refractivity contribution in [2.75, 3.05) is 18.6 Å². The van der Waals surface area contributed by atoms with Gasteiger partial charge in [-0.05, 0) is 31.0 Å². The molecule has 1 unspecified atom stereocenters. The van der Waals surface area contributed by atoms with Gasteiger partial charge in [0.05, 0.1) is 25.0 Å². The van der Waals surface area contributed by atoms with Gasteiger partial charge in [-0.25, -0.2) is 8.42 Å². The second kappa shape index (κ2) is 6.23. The van der Waals surface area contributed by atoms with Crippen molar-refractivity contribution in [1.29, 1.82) is 0 Å². The number of carbonyl (C=O) groups excluding carboxylic acids is 1. The maximum Gasteiger partial charge on any atom is 0.224 e. The third-order valence-corrected chi connectivity index (χ3v) is 5.46. The van der Waals surface area contributed by atoms with Gasteiger partial charge < -0.3 is 10.1 Å². The van der Waals surface area contributed by atoms with Crippen LogP contribution >= 0.6 is 11.6 Å². The Kier molecular flexibility index (Phi) is 4.78. The van der Waals surface area contributed by atoms with E-state index in [2.05, 4.69) is 5.32 Å². The van der Waals surface area contributed by atoms with E-state index in [0.29, 0.717) is 22.8 Å². The molecular weight excluding hydrogens is 314 g/mol. The molecule has 1 aliphatic heterocycles. The highest BCUT2D eigenvalue weighted by molar-refractivity contribution is 7.91. The summed E-state index contributed by atoms with van der Waals surface area (Å²) in [5.74, 6) is 0.563. The molecule has 7 heteroatoms. The molecule has 0 aromatic heterocycles. The quantitative estimate of drug-likeness (QED) is 0.907. The maximum absolute atomic E-state index is 12.1. The second-order valence-electron chi connectivity index (χ2n) is 5.26. The standard InChI is InChI=1S/C14H18ClNO4S/c1-9-5-11(15)6-10(14(9)20-2)7-13(17)16-12-3-4-21(18,19)8-12/h5-6,12H,3-4,7-8H2,1-2H3,(H,16,17). The van der Waals surface area contributed by atoms with Crippen LogP contribution in [0.1, 0.15) is 17.5 Å². The summed E-state index contributed by atoms with van der Waals surface area (Å²) in [6, 6.07) is 3.16. The minimum absolute atomic E-state index is 0.0183. The summed E-state index contributed by atoms with van der Waals surface area (Å²) >= 11 is 6.00. The van der Waals surface area contributed by atoms with Crippen LogP contribution in [0.3, 0.4) is 0 Å². The number of aryl methyl sites for hydroxylation is 1. The Morgan fingerprint density at radius 1 is 1.48 bits per heavy atom. The SMILES string of the molecule is COc1c(C)cc(Cl)cc1CC(=O)NC1CCS(=O)(=O)C1. The van der Waals surface area contributed by atoms with E-state index in [9.17, 15) is 13.2 Å². The van der Waals surface area contributed by atoms with Crippen molar-refractivity contribution >= 4 is 27.3 Å². The Morgan fingerprint density at radius 2 is 2.19 bits per heavy atom. The number of rotatable bonds is 4. The van der Waals surface area contributed by atoms with Gasteiger partial charge in [-0.1, -0.05) is 11.6 Å². The van der Waals surface area contributed by atoms with Crippen LogP contribution in [-0.4, -0.2) is 39.0 Å². The first-order valence-electron chi connectivity index (χ1n) is 6.63. The number of hydrogen-bond donors (Lipinski definition) is 1. The molecule has 5 nitrogen and oxygen atoms in total. The second-order valence-corrected chi connectivity index (χ2v) is 7.92. The number of ether oxygens (including phenoxy) is 1. The Hall–Kier alpha value is -1.27. The number of sulfone groups is 1. The Labute approximate surface area is 129 Å². The minimum Gasteiger partial charge on any atom is -0.496 e. The van der Waals surface area contributed by atoms with E-state index in [1.165, 1.54) is 0 Å². The zero-order valence-corrected chi connectivity index (χ0v) is 13.6. The molecule has 1 amide bonds. The van der Waals surface area contributed by atoms with Crippen LogP contribution in [0.5, 0.6) is 5.75 Å². The molecule has 1 aromatic carbocycles. The van der Waals surface area contributed by atoms with Gasteiger partial charge >= 0.3 is 0 Å². The Morgan fingerprint density at radius 3 is 2.76 bits per heavy atom. The molecule has 1 saturated heterocycles. The minimum atomic E-state index is -3.00. The average Bonchev–Trinajstić information content (AvgIpc) is 2.67. The van der Waals surface area contributed by atoms with E-state index in [1.807, 2.05) is 6.92 Å². The fraction of sp³-hybridized carbons (Fsp3) is 0.500. The van der Waals surface area contributed by atoms with Crippen LogP contribution in [-0.2, 0) is 21.1 Å². The van der Waals surface area contributed by atoms with Crippen molar-refractivity contribution in [2.24, 2.45) is 0 Å². The fourth-order valence-corrected chi connectivity index (χ4v) is 4.55. The summed E-state index contributed by atoms with van der Waals surface area (Å²) in [7, 11) is -1.46. The van der Waals surface area contributed by atoms with Crippen LogP contribution in [0, 0.1) is 6.92 Å². The van der Waals surface area contributed by atoms with Gasteiger partial charge in [-0.3, -0.25) is 4.79 Å². The molecule has 1 N–H and O–H groups in total. The predicted octanol–water partition coefficient (Wildman–Crippen LogP) is 1.50. The maximum atomic E-state index is 12.1. The van der Waals surface area contributed by atoms with E-state index in [4.69, 9.17) is 16.3 Å². The summed E-state index contributed by atoms with van der Waals surface area (Å²) in [5.41, 5.74) is 1.55. The zero-order valence-electron chi connectivity index (χ0n) is 12.0. The molecule has 1 aromatic rings.